The summed E-state index contributed by atoms with van der Waals surface area (Å²) in [7, 11) is 0. The van der Waals surface area contributed by atoms with Gasteiger partial charge in [0.2, 0.25) is 0 Å². The predicted molar refractivity (Wildman–Crippen MR) is 75.7 cm³/mol. The van der Waals surface area contributed by atoms with Gasteiger partial charge in [0.15, 0.2) is 5.78 Å². The van der Waals surface area contributed by atoms with E-state index in [0.717, 1.165) is 21.2 Å². The van der Waals surface area contributed by atoms with Gasteiger partial charge in [0.05, 0.1) is 9.21 Å². The van der Waals surface area contributed by atoms with Gasteiger partial charge < -0.3 is 0 Å². The molecule has 18 heavy (non-hydrogen) atoms. The molecule has 3 heteroatoms. The lowest BCUT2D eigenvalue weighted by Crippen LogP contribution is -2.00. The number of hydrogen-bond donors (Lipinski definition) is 0. The number of benzene rings is 1. The van der Waals surface area contributed by atoms with Crippen molar-refractivity contribution in [3.8, 4) is 0 Å². The molecule has 0 amide bonds. The molecule has 0 aliphatic heterocycles. The van der Waals surface area contributed by atoms with Crippen molar-refractivity contribution in [2.24, 2.45) is 5.92 Å². The largest absolute Gasteiger partial charge is 0.293 e. The van der Waals surface area contributed by atoms with E-state index >= 15 is 0 Å². The number of carbonyl (C=O) groups is 1. The first-order valence-electron chi connectivity index (χ1n) is 6.02. The number of ketones is 1. The molecular weight excluding hydrogens is 264 g/mol. The first kappa shape index (κ1) is 11.9. The zero-order chi connectivity index (χ0) is 12.7. The van der Waals surface area contributed by atoms with E-state index in [0.29, 0.717) is 5.92 Å². The van der Waals surface area contributed by atoms with Crippen LogP contribution < -0.4 is 0 Å². The number of hydrogen-bond acceptors (Lipinski definition) is 2. The van der Waals surface area contributed by atoms with Crippen molar-refractivity contribution in [3.63, 3.8) is 0 Å². The minimum Gasteiger partial charge on any atom is -0.293 e. The Kier molecular flexibility index (Phi) is 3.00. The molecule has 0 saturated heterocycles. The van der Waals surface area contributed by atoms with Crippen molar-refractivity contribution in [1.82, 2.24) is 0 Å². The van der Waals surface area contributed by atoms with Crippen molar-refractivity contribution < 1.29 is 4.79 Å². The maximum atomic E-state index is 12.3. The van der Waals surface area contributed by atoms with Crippen molar-refractivity contribution in [2.45, 2.75) is 19.3 Å². The van der Waals surface area contributed by atoms with E-state index in [1.807, 2.05) is 31.2 Å². The average Bonchev–Trinajstić information content (AvgIpc) is 3.11. The molecule has 2 aromatic rings. The van der Waals surface area contributed by atoms with Crippen LogP contribution in [0.3, 0.4) is 0 Å². The van der Waals surface area contributed by atoms with Crippen molar-refractivity contribution in [1.29, 1.82) is 0 Å². The topological polar surface area (TPSA) is 17.1 Å². The van der Waals surface area contributed by atoms with Crippen LogP contribution in [0.1, 0.15) is 33.1 Å². The zero-order valence-corrected chi connectivity index (χ0v) is 11.6. The summed E-state index contributed by atoms with van der Waals surface area (Å²) in [6.45, 7) is 1.94. The van der Waals surface area contributed by atoms with E-state index in [4.69, 9.17) is 11.6 Å². The van der Waals surface area contributed by atoms with Crippen LogP contribution in [-0.4, -0.2) is 5.78 Å². The Labute approximate surface area is 115 Å². The monoisotopic (exact) mass is 276 g/mol. The highest BCUT2D eigenvalue weighted by atomic mass is 35.5. The second kappa shape index (κ2) is 4.52. The SMILES string of the molecule is Cc1cc(C(=O)C2CC2c2ccccc2)sc1Cl. The molecule has 1 fully saturated rings. The fourth-order valence-electron chi connectivity index (χ4n) is 2.32. The van der Waals surface area contributed by atoms with E-state index < -0.39 is 0 Å². The maximum absolute atomic E-state index is 12.3. The van der Waals surface area contributed by atoms with Gasteiger partial charge in [0, 0.05) is 5.92 Å². The van der Waals surface area contributed by atoms with Crippen LogP contribution in [-0.2, 0) is 0 Å². The van der Waals surface area contributed by atoms with Crippen LogP contribution in [0.2, 0.25) is 4.34 Å². The summed E-state index contributed by atoms with van der Waals surface area (Å²) in [5.74, 6) is 0.810. The Morgan fingerprint density at radius 3 is 2.67 bits per heavy atom. The normalized spacial score (nSPS) is 21.9. The molecule has 92 valence electrons. The van der Waals surface area contributed by atoms with Gasteiger partial charge in [-0.3, -0.25) is 4.79 Å². The lowest BCUT2D eigenvalue weighted by atomic mass is 10.1. The number of rotatable bonds is 3. The zero-order valence-electron chi connectivity index (χ0n) is 10.0. The summed E-state index contributed by atoms with van der Waals surface area (Å²) < 4.78 is 0.732. The second-order valence-electron chi connectivity index (χ2n) is 4.79. The molecular formula is C15H13ClOS. The van der Waals surface area contributed by atoms with E-state index in [1.165, 1.54) is 16.9 Å². The van der Waals surface area contributed by atoms with Gasteiger partial charge in [0.1, 0.15) is 0 Å². The van der Waals surface area contributed by atoms with Crippen LogP contribution in [0.15, 0.2) is 36.4 Å². The maximum Gasteiger partial charge on any atom is 0.176 e. The standard InChI is InChI=1S/C15H13ClOS/c1-9-7-13(18-15(9)16)14(17)12-8-11(12)10-5-3-2-4-6-10/h2-7,11-12H,8H2,1H3. The number of thiophene rings is 1. The van der Waals surface area contributed by atoms with Crippen LogP contribution in [0.5, 0.6) is 0 Å². The lowest BCUT2D eigenvalue weighted by molar-refractivity contribution is 0.0969. The molecule has 2 unspecified atom stereocenters. The first-order valence-corrected chi connectivity index (χ1v) is 7.21. The minimum absolute atomic E-state index is 0.154. The Balaban J connectivity index is 1.77. The number of halogens is 1. The second-order valence-corrected chi connectivity index (χ2v) is 6.45. The highest BCUT2D eigenvalue weighted by Crippen LogP contribution is 2.49. The molecule has 0 N–H and O–H groups in total. The molecule has 1 nitrogen and oxygen atoms in total. The van der Waals surface area contributed by atoms with Gasteiger partial charge in [-0.1, -0.05) is 41.9 Å². The lowest BCUT2D eigenvalue weighted by Gasteiger charge is -1.98. The summed E-state index contributed by atoms with van der Waals surface area (Å²) in [5.41, 5.74) is 2.28. The highest BCUT2D eigenvalue weighted by molar-refractivity contribution is 7.18. The Bertz CT molecular complexity index is 568. The fraction of sp³-hybridized carbons (Fsp3) is 0.267. The Morgan fingerprint density at radius 1 is 1.33 bits per heavy atom. The van der Waals surface area contributed by atoms with Gasteiger partial charge in [-0.05, 0) is 36.5 Å². The molecule has 1 aromatic heterocycles. The van der Waals surface area contributed by atoms with Crippen LogP contribution in [0.4, 0.5) is 0 Å². The minimum atomic E-state index is 0.154. The molecule has 0 radical (unpaired) electrons. The van der Waals surface area contributed by atoms with Gasteiger partial charge in [-0.15, -0.1) is 11.3 Å². The summed E-state index contributed by atoms with van der Waals surface area (Å²) in [5, 5.41) is 0. The third kappa shape index (κ3) is 2.11. The fourth-order valence-corrected chi connectivity index (χ4v) is 3.52. The molecule has 1 heterocycles. The summed E-state index contributed by atoms with van der Waals surface area (Å²) in [6, 6.07) is 12.2. The summed E-state index contributed by atoms with van der Waals surface area (Å²) >= 11 is 7.42. The molecule has 0 bridgehead atoms. The van der Waals surface area contributed by atoms with Crippen molar-refractivity contribution in [2.75, 3.05) is 0 Å². The predicted octanol–water partition coefficient (Wildman–Crippen LogP) is 4.70. The Hall–Kier alpha value is -1.12. The van der Waals surface area contributed by atoms with E-state index in [-0.39, 0.29) is 11.7 Å². The third-order valence-electron chi connectivity index (χ3n) is 3.45. The average molecular weight is 277 g/mol. The van der Waals surface area contributed by atoms with Crippen LogP contribution in [0.25, 0.3) is 0 Å². The third-order valence-corrected chi connectivity index (χ3v) is 5.02. The first-order chi connectivity index (χ1) is 8.66. The quantitative estimate of drug-likeness (QED) is 0.743. The highest BCUT2D eigenvalue weighted by Gasteiger charge is 2.44. The van der Waals surface area contributed by atoms with E-state index in [1.54, 1.807) is 0 Å². The Morgan fingerprint density at radius 2 is 2.06 bits per heavy atom. The number of carbonyl (C=O) groups excluding carboxylic acids is 1. The molecule has 1 aliphatic rings. The molecule has 3 rings (SSSR count). The van der Waals surface area contributed by atoms with Gasteiger partial charge in [-0.2, -0.15) is 0 Å². The molecule has 1 aliphatic carbocycles. The van der Waals surface area contributed by atoms with Crippen molar-refractivity contribution >= 4 is 28.7 Å². The van der Waals surface area contributed by atoms with E-state index in [2.05, 4.69) is 12.1 Å². The van der Waals surface area contributed by atoms with Crippen LogP contribution in [0, 0.1) is 12.8 Å². The van der Waals surface area contributed by atoms with E-state index in [9.17, 15) is 4.79 Å². The number of aryl methyl sites for hydroxylation is 1. The summed E-state index contributed by atoms with van der Waals surface area (Å²) in [4.78, 5) is 13.1. The molecule has 1 saturated carbocycles. The van der Waals surface area contributed by atoms with Crippen LogP contribution >= 0.6 is 22.9 Å². The molecule has 2 atom stereocenters. The van der Waals surface area contributed by atoms with Gasteiger partial charge >= 0.3 is 0 Å². The molecule has 1 aromatic carbocycles. The van der Waals surface area contributed by atoms with Gasteiger partial charge in [0.25, 0.3) is 0 Å². The molecule has 0 spiro atoms. The van der Waals surface area contributed by atoms with Gasteiger partial charge in [-0.25, -0.2) is 0 Å². The smallest absolute Gasteiger partial charge is 0.176 e. The van der Waals surface area contributed by atoms with Crippen molar-refractivity contribution in [3.05, 3.63) is 56.7 Å². The summed E-state index contributed by atoms with van der Waals surface area (Å²) in [6.07, 6.45) is 0.970. The number of Topliss-reactive ketones (excluding diaryl/α,β-unsaturated/α-hetero) is 1.